The van der Waals surface area contributed by atoms with Crippen LogP contribution in [0.25, 0.3) is 11.1 Å². The highest BCUT2D eigenvalue weighted by Gasteiger charge is 2.33. The number of rotatable bonds is 15. The lowest BCUT2D eigenvalue weighted by Crippen LogP contribution is -2.34. The lowest BCUT2D eigenvalue weighted by atomic mass is 9.83. The van der Waals surface area contributed by atoms with Crippen LogP contribution in [0.15, 0.2) is 91.0 Å². The predicted octanol–water partition coefficient (Wildman–Crippen LogP) is 9.96. The molecule has 0 aromatic heterocycles. The molecule has 4 aromatic rings. The number of unbranched alkanes of at least 4 members (excludes halogenated alkanes) is 2. The molecule has 0 bridgehead atoms. The van der Waals surface area contributed by atoms with Crippen molar-refractivity contribution < 1.29 is 14.3 Å². The van der Waals surface area contributed by atoms with Gasteiger partial charge < -0.3 is 14.8 Å². The highest BCUT2D eigenvalue weighted by Crippen LogP contribution is 2.38. The first-order valence-corrected chi connectivity index (χ1v) is 16.2. The Morgan fingerprint density at radius 1 is 0.891 bits per heavy atom. The molecule has 46 heavy (non-hydrogen) atoms. The molecule has 1 unspecified atom stereocenters. The molecule has 2 N–H and O–H groups in total. The van der Waals surface area contributed by atoms with Crippen molar-refractivity contribution >= 4 is 40.7 Å². The van der Waals surface area contributed by atoms with Crippen molar-refractivity contribution in [2.24, 2.45) is 0 Å². The summed E-state index contributed by atoms with van der Waals surface area (Å²) in [6.07, 6.45) is 6.24. The molecule has 0 aliphatic heterocycles. The van der Waals surface area contributed by atoms with Gasteiger partial charge in [0, 0.05) is 21.3 Å². The zero-order chi connectivity index (χ0) is 32.9. The Labute approximate surface area is 281 Å². The number of carbonyl (C=O) groups excluding carboxylic acids is 1. The summed E-state index contributed by atoms with van der Waals surface area (Å²) in [4.78, 5) is 13.1. The van der Waals surface area contributed by atoms with Crippen LogP contribution in [0.5, 0.6) is 0 Å². The molecule has 0 radical (unpaired) electrons. The van der Waals surface area contributed by atoms with E-state index in [1.165, 1.54) is 12.7 Å². The van der Waals surface area contributed by atoms with Crippen molar-refractivity contribution in [1.82, 2.24) is 0 Å². The van der Waals surface area contributed by atoms with E-state index in [-0.39, 0.29) is 18.4 Å². The average molecular weight is 657 g/mol. The Kier molecular flexibility index (Phi) is 12.8. The number of benzene rings is 4. The quantitative estimate of drug-likeness (QED) is 0.0757. The Morgan fingerprint density at radius 2 is 1.61 bits per heavy atom. The lowest BCUT2D eigenvalue weighted by Gasteiger charge is -2.35. The van der Waals surface area contributed by atoms with Gasteiger partial charge in [0.1, 0.15) is 6.61 Å². The summed E-state index contributed by atoms with van der Waals surface area (Å²) in [7, 11) is 1.50. The van der Waals surface area contributed by atoms with Gasteiger partial charge in [-0.15, -0.1) is 0 Å². The Balaban J connectivity index is 1.49. The molecule has 0 saturated heterocycles. The maximum atomic E-state index is 13.1. The molecule has 0 aliphatic carbocycles. The second-order valence-electron chi connectivity index (χ2n) is 11.3. The van der Waals surface area contributed by atoms with Crippen molar-refractivity contribution in [3.63, 3.8) is 0 Å². The number of carbonyl (C=O) groups is 1. The first-order chi connectivity index (χ1) is 22.2. The van der Waals surface area contributed by atoms with E-state index in [9.17, 15) is 10.1 Å². The fraction of sp³-hybridized carbons (Fsp3) is 0.289. The van der Waals surface area contributed by atoms with Gasteiger partial charge in [0.05, 0.1) is 24.3 Å². The van der Waals surface area contributed by atoms with Crippen LogP contribution in [0.4, 0.5) is 5.69 Å². The van der Waals surface area contributed by atoms with E-state index in [1.54, 1.807) is 24.3 Å². The van der Waals surface area contributed by atoms with Crippen molar-refractivity contribution in [2.45, 2.75) is 57.5 Å². The number of halogens is 2. The molecule has 0 heterocycles. The molecule has 0 spiro atoms. The van der Waals surface area contributed by atoms with Crippen LogP contribution in [0, 0.1) is 16.7 Å². The fourth-order valence-electron chi connectivity index (χ4n) is 5.66. The van der Waals surface area contributed by atoms with Crippen LogP contribution in [0.1, 0.15) is 67.7 Å². The molecule has 4 aromatic carbocycles. The van der Waals surface area contributed by atoms with Gasteiger partial charge in [-0.25, -0.2) is 0 Å². The molecular formula is C38H39Cl2N3O3. The minimum atomic E-state index is -0.659. The second kappa shape index (κ2) is 17.0. The van der Waals surface area contributed by atoms with Gasteiger partial charge in [-0.05, 0) is 90.4 Å². The maximum absolute atomic E-state index is 13.1. The summed E-state index contributed by atoms with van der Waals surface area (Å²) in [5, 5.41) is 20.9. The average Bonchev–Trinajstić information content (AvgIpc) is 3.06. The number of aryl methyl sites for hydroxylation is 1. The number of anilines is 1. The minimum absolute atomic E-state index is 0.126. The van der Waals surface area contributed by atoms with E-state index < -0.39 is 5.60 Å². The van der Waals surface area contributed by atoms with Gasteiger partial charge >= 0.3 is 0 Å². The van der Waals surface area contributed by atoms with Gasteiger partial charge in [0.2, 0.25) is 11.8 Å². The van der Waals surface area contributed by atoms with Crippen LogP contribution in [0.3, 0.4) is 0 Å². The number of amides is 1. The number of hydrogen-bond donors (Lipinski definition) is 2. The SMILES string of the molecule is CCCC(CCCCCc1ccc(C(=N)OC)cc1)(OCC(=O)Nc1cc(Cl)cc(Cl)c1)c1ccc(-c2cccc(C#N)c2)cc1. The summed E-state index contributed by atoms with van der Waals surface area (Å²) >= 11 is 12.3. The highest BCUT2D eigenvalue weighted by atomic mass is 35.5. The monoisotopic (exact) mass is 655 g/mol. The van der Waals surface area contributed by atoms with Crippen LogP contribution in [-0.2, 0) is 26.3 Å². The zero-order valence-electron chi connectivity index (χ0n) is 26.2. The molecule has 8 heteroatoms. The van der Waals surface area contributed by atoms with E-state index in [2.05, 4.69) is 42.6 Å². The molecule has 0 saturated carbocycles. The van der Waals surface area contributed by atoms with Crippen molar-refractivity contribution in [3.05, 3.63) is 123 Å². The Hall–Kier alpha value is -4.15. The van der Waals surface area contributed by atoms with Crippen molar-refractivity contribution in [2.75, 3.05) is 19.0 Å². The van der Waals surface area contributed by atoms with E-state index in [0.29, 0.717) is 21.3 Å². The first kappa shape index (κ1) is 34.7. The maximum Gasteiger partial charge on any atom is 0.250 e. The number of nitrogens with one attached hydrogen (secondary N) is 2. The molecule has 6 nitrogen and oxygen atoms in total. The van der Waals surface area contributed by atoms with Crippen LogP contribution in [0.2, 0.25) is 10.0 Å². The summed E-state index contributed by atoms with van der Waals surface area (Å²) in [6, 6.07) is 30.9. The number of hydrogen-bond acceptors (Lipinski definition) is 5. The number of ether oxygens (including phenoxy) is 2. The highest BCUT2D eigenvalue weighted by molar-refractivity contribution is 6.35. The normalized spacial score (nSPS) is 12.2. The van der Waals surface area contributed by atoms with Crippen molar-refractivity contribution in [3.8, 4) is 17.2 Å². The van der Waals surface area contributed by atoms with E-state index in [1.807, 2.05) is 42.5 Å². The molecule has 1 amide bonds. The van der Waals surface area contributed by atoms with Crippen LogP contribution in [-0.4, -0.2) is 25.5 Å². The first-order valence-electron chi connectivity index (χ1n) is 15.5. The summed E-state index contributed by atoms with van der Waals surface area (Å²) in [6.45, 7) is 2.00. The molecule has 0 fully saturated rings. The molecule has 4 rings (SSSR count). The van der Waals surface area contributed by atoms with Gasteiger partial charge in [-0.3, -0.25) is 10.2 Å². The third-order valence-corrected chi connectivity index (χ3v) is 8.42. The van der Waals surface area contributed by atoms with Gasteiger partial charge in [0.25, 0.3) is 0 Å². The third-order valence-electron chi connectivity index (χ3n) is 7.98. The molecule has 238 valence electrons. The van der Waals surface area contributed by atoms with Gasteiger partial charge in [-0.2, -0.15) is 5.26 Å². The van der Waals surface area contributed by atoms with E-state index >= 15 is 0 Å². The summed E-state index contributed by atoms with van der Waals surface area (Å²) < 4.78 is 11.6. The Morgan fingerprint density at radius 3 is 2.26 bits per heavy atom. The Bertz CT molecular complexity index is 1650. The minimum Gasteiger partial charge on any atom is -0.481 e. The molecule has 0 aliphatic rings. The smallest absolute Gasteiger partial charge is 0.250 e. The fourth-order valence-corrected chi connectivity index (χ4v) is 6.19. The topological polar surface area (TPSA) is 95.2 Å². The number of nitriles is 1. The van der Waals surface area contributed by atoms with Crippen LogP contribution >= 0.6 is 23.2 Å². The largest absolute Gasteiger partial charge is 0.481 e. The molecular weight excluding hydrogens is 617 g/mol. The number of methoxy groups -OCH3 is 1. The third kappa shape index (κ3) is 9.67. The van der Waals surface area contributed by atoms with Gasteiger partial charge in [0.15, 0.2) is 0 Å². The van der Waals surface area contributed by atoms with E-state index in [4.69, 9.17) is 38.1 Å². The lowest BCUT2D eigenvalue weighted by molar-refractivity contribution is -0.131. The second-order valence-corrected chi connectivity index (χ2v) is 12.2. The predicted molar refractivity (Wildman–Crippen MR) is 187 cm³/mol. The van der Waals surface area contributed by atoms with Gasteiger partial charge in [-0.1, -0.05) is 97.9 Å². The molecule has 1 atom stereocenters. The van der Waals surface area contributed by atoms with Crippen LogP contribution < -0.4 is 5.32 Å². The van der Waals surface area contributed by atoms with E-state index in [0.717, 1.165) is 67.2 Å². The summed E-state index contributed by atoms with van der Waals surface area (Å²) in [5.74, 6) is -0.124. The number of nitrogens with zero attached hydrogens (tertiary/aromatic N) is 1. The zero-order valence-corrected chi connectivity index (χ0v) is 27.8. The van der Waals surface area contributed by atoms with Crippen molar-refractivity contribution in [1.29, 1.82) is 10.7 Å². The standard InChI is InChI=1S/C38H39Cl2N3O3/c1-3-19-38(46-26-36(44)43-35-23-33(39)22-34(40)24-35,20-6-4-5-8-27-11-13-30(14-12-27)37(42)45-2)32-17-15-29(16-18-32)31-10-7-9-28(21-31)25-41/h7,9-18,21-24,42H,3-6,8,19-20,26H2,1-2H3,(H,43,44). The summed E-state index contributed by atoms with van der Waals surface area (Å²) in [5.41, 5.74) is 5.45.